The molecule has 1 heterocycles. The lowest BCUT2D eigenvalue weighted by molar-refractivity contribution is 0.0944. The van der Waals surface area contributed by atoms with E-state index in [2.05, 4.69) is 10.3 Å². The van der Waals surface area contributed by atoms with E-state index >= 15 is 0 Å². The van der Waals surface area contributed by atoms with Crippen LogP contribution in [-0.2, 0) is 13.2 Å². The lowest BCUT2D eigenvalue weighted by atomic mass is 10.1. The van der Waals surface area contributed by atoms with Gasteiger partial charge in [-0.15, -0.1) is 0 Å². The Kier molecular flexibility index (Phi) is 4.70. The first-order valence-corrected chi connectivity index (χ1v) is 6.62. The average molecular weight is 292 g/mol. The second kappa shape index (κ2) is 6.49. The molecule has 0 aliphatic carbocycles. The van der Waals surface area contributed by atoms with Gasteiger partial charge in [0.05, 0.1) is 6.61 Å². The molecule has 5 nitrogen and oxygen atoms in total. The second-order valence-corrected chi connectivity index (χ2v) is 4.99. The summed E-state index contributed by atoms with van der Waals surface area (Å²) in [4.78, 5) is 16.0. The maximum absolute atomic E-state index is 13.5. The molecule has 2 N–H and O–H groups in total. The van der Waals surface area contributed by atoms with Crippen LogP contribution in [-0.4, -0.2) is 16.0 Å². The van der Waals surface area contributed by atoms with Crippen molar-refractivity contribution in [2.24, 2.45) is 0 Å². The summed E-state index contributed by atoms with van der Waals surface area (Å²) in [5.74, 6) is -0.281. The largest absolute Gasteiger partial charge is 0.447 e. The summed E-state index contributed by atoms with van der Waals surface area (Å²) in [5, 5.41) is 11.6. The molecule has 0 radical (unpaired) electrons. The van der Waals surface area contributed by atoms with Gasteiger partial charge in [0.1, 0.15) is 11.6 Å². The molecule has 0 saturated heterocycles. The predicted molar refractivity (Wildman–Crippen MR) is 74.1 cm³/mol. The fourth-order valence-electron chi connectivity index (χ4n) is 1.93. The van der Waals surface area contributed by atoms with E-state index in [0.717, 1.165) is 0 Å². The molecule has 1 aromatic carbocycles. The van der Waals surface area contributed by atoms with Crippen LogP contribution in [0, 0.1) is 5.82 Å². The number of aliphatic hydroxyl groups excluding tert-OH is 1. The van der Waals surface area contributed by atoms with Crippen LogP contribution in [0.15, 0.2) is 29.0 Å². The van der Waals surface area contributed by atoms with Gasteiger partial charge in [-0.1, -0.05) is 26.0 Å². The van der Waals surface area contributed by atoms with Crippen molar-refractivity contribution >= 4 is 5.91 Å². The van der Waals surface area contributed by atoms with Crippen LogP contribution < -0.4 is 5.32 Å². The maximum atomic E-state index is 13.5. The molecule has 0 bridgehead atoms. The first kappa shape index (κ1) is 15.2. The van der Waals surface area contributed by atoms with Crippen molar-refractivity contribution in [2.45, 2.75) is 32.9 Å². The normalized spacial score (nSPS) is 10.9. The van der Waals surface area contributed by atoms with Crippen molar-refractivity contribution in [3.8, 4) is 0 Å². The number of carbonyl (C=O) groups excluding carboxylic acids is 1. The Labute approximate surface area is 121 Å². The SMILES string of the molecule is CC(C)c1ocnc1C(=O)NCc1ccc(CO)c(F)c1. The number of oxazole rings is 1. The van der Waals surface area contributed by atoms with Crippen molar-refractivity contribution in [3.05, 3.63) is 53.0 Å². The maximum Gasteiger partial charge on any atom is 0.273 e. The van der Waals surface area contributed by atoms with Gasteiger partial charge >= 0.3 is 0 Å². The molecule has 0 saturated carbocycles. The first-order valence-electron chi connectivity index (χ1n) is 6.62. The summed E-state index contributed by atoms with van der Waals surface area (Å²) in [6, 6.07) is 4.44. The minimum atomic E-state index is -0.492. The number of carbonyl (C=O) groups is 1. The van der Waals surface area contributed by atoms with Crippen LogP contribution in [0.5, 0.6) is 0 Å². The Hall–Kier alpha value is -2.21. The average Bonchev–Trinajstić information content (AvgIpc) is 2.94. The highest BCUT2D eigenvalue weighted by molar-refractivity contribution is 5.93. The smallest absolute Gasteiger partial charge is 0.273 e. The highest BCUT2D eigenvalue weighted by Crippen LogP contribution is 2.18. The topological polar surface area (TPSA) is 75.4 Å². The third kappa shape index (κ3) is 3.46. The Morgan fingerprint density at radius 2 is 2.24 bits per heavy atom. The number of hydrogen-bond acceptors (Lipinski definition) is 4. The van der Waals surface area contributed by atoms with Crippen LogP contribution >= 0.6 is 0 Å². The highest BCUT2D eigenvalue weighted by Gasteiger charge is 2.18. The minimum Gasteiger partial charge on any atom is -0.447 e. The highest BCUT2D eigenvalue weighted by atomic mass is 19.1. The number of nitrogens with zero attached hydrogens (tertiary/aromatic N) is 1. The van der Waals surface area contributed by atoms with E-state index < -0.39 is 5.82 Å². The molecule has 2 aromatic rings. The molecule has 0 atom stereocenters. The fraction of sp³-hybridized carbons (Fsp3) is 0.333. The molecule has 0 unspecified atom stereocenters. The molecule has 0 aliphatic rings. The number of hydrogen-bond donors (Lipinski definition) is 2. The lowest BCUT2D eigenvalue weighted by Gasteiger charge is -2.07. The zero-order chi connectivity index (χ0) is 15.4. The zero-order valence-electron chi connectivity index (χ0n) is 11.9. The Balaban J connectivity index is 2.04. The number of aromatic nitrogens is 1. The van der Waals surface area contributed by atoms with Crippen LogP contribution in [0.3, 0.4) is 0 Å². The van der Waals surface area contributed by atoms with E-state index in [0.29, 0.717) is 11.3 Å². The van der Waals surface area contributed by atoms with E-state index in [1.807, 2.05) is 13.8 Å². The molecule has 0 aliphatic heterocycles. The number of halogens is 1. The molecule has 1 amide bonds. The third-order valence-corrected chi connectivity index (χ3v) is 3.08. The molecular weight excluding hydrogens is 275 g/mol. The van der Waals surface area contributed by atoms with Gasteiger partial charge in [-0.05, 0) is 11.6 Å². The van der Waals surface area contributed by atoms with Gasteiger partial charge in [0, 0.05) is 18.0 Å². The Morgan fingerprint density at radius 1 is 1.48 bits per heavy atom. The quantitative estimate of drug-likeness (QED) is 0.887. The first-order chi connectivity index (χ1) is 10.0. The summed E-state index contributed by atoms with van der Waals surface area (Å²) in [5.41, 5.74) is 1.08. The van der Waals surface area contributed by atoms with Crippen LogP contribution in [0.2, 0.25) is 0 Å². The van der Waals surface area contributed by atoms with E-state index in [4.69, 9.17) is 9.52 Å². The van der Waals surface area contributed by atoms with Crippen molar-refractivity contribution in [1.82, 2.24) is 10.3 Å². The fourth-order valence-corrected chi connectivity index (χ4v) is 1.93. The Bertz CT molecular complexity index is 638. The summed E-state index contributed by atoms with van der Waals surface area (Å²) in [7, 11) is 0. The van der Waals surface area contributed by atoms with Gasteiger partial charge in [-0.3, -0.25) is 4.79 Å². The lowest BCUT2D eigenvalue weighted by Crippen LogP contribution is -2.24. The Morgan fingerprint density at radius 3 is 2.86 bits per heavy atom. The molecule has 2 rings (SSSR count). The standard InChI is InChI=1S/C15H17FN2O3/c1-9(2)14-13(18-8-21-14)15(20)17-6-10-3-4-11(7-19)12(16)5-10/h3-5,8-9,19H,6-7H2,1-2H3,(H,17,20). The molecular formula is C15H17FN2O3. The van der Waals surface area contributed by atoms with Crippen LogP contribution in [0.1, 0.15) is 47.1 Å². The van der Waals surface area contributed by atoms with E-state index in [1.54, 1.807) is 6.07 Å². The summed E-state index contributed by atoms with van der Waals surface area (Å²) in [6.45, 7) is 3.63. The van der Waals surface area contributed by atoms with Gasteiger partial charge in [0.2, 0.25) is 0 Å². The number of benzene rings is 1. The predicted octanol–water partition coefficient (Wildman–Crippen LogP) is 2.36. The van der Waals surface area contributed by atoms with Crippen molar-refractivity contribution in [1.29, 1.82) is 0 Å². The monoisotopic (exact) mass is 292 g/mol. The van der Waals surface area contributed by atoms with Gasteiger partial charge < -0.3 is 14.8 Å². The molecule has 1 aromatic heterocycles. The van der Waals surface area contributed by atoms with E-state index in [-0.39, 0.29) is 36.2 Å². The molecule has 0 spiro atoms. The molecule has 6 heteroatoms. The molecule has 112 valence electrons. The number of amides is 1. The molecule has 0 fully saturated rings. The van der Waals surface area contributed by atoms with E-state index in [1.165, 1.54) is 18.5 Å². The second-order valence-electron chi connectivity index (χ2n) is 4.99. The van der Waals surface area contributed by atoms with Crippen molar-refractivity contribution < 1.29 is 18.7 Å². The molecule has 21 heavy (non-hydrogen) atoms. The summed E-state index contributed by atoms with van der Waals surface area (Å²) in [6.07, 6.45) is 1.24. The number of nitrogens with one attached hydrogen (secondary N) is 1. The number of aliphatic hydroxyl groups is 1. The van der Waals surface area contributed by atoms with Crippen molar-refractivity contribution in [2.75, 3.05) is 0 Å². The summed E-state index contributed by atoms with van der Waals surface area (Å²) >= 11 is 0. The van der Waals surface area contributed by atoms with Crippen molar-refractivity contribution in [3.63, 3.8) is 0 Å². The van der Waals surface area contributed by atoms with E-state index in [9.17, 15) is 9.18 Å². The van der Waals surface area contributed by atoms with Crippen LogP contribution in [0.4, 0.5) is 4.39 Å². The van der Waals surface area contributed by atoms with Gasteiger partial charge in [0.25, 0.3) is 5.91 Å². The van der Waals surface area contributed by atoms with Gasteiger partial charge in [-0.25, -0.2) is 9.37 Å². The zero-order valence-corrected chi connectivity index (χ0v) is 11.9. The minimum absolute atomic E-state index is 0.0505. The number of rotatable bonds is 5. The van der Waals surface area contributed by atoms with Crippen LogP contribution in [0.25, 0.3) is 0 Å². The van der Waals surface area contributed by atoms with Gasteiger partial charge in [0.15, 0.2) is 12.1 Å². The van der Waals surface area contributed by atoms with Gasteiger partial charge in [-0.2, -0.15) is 0 Å². The third-order valence-electron chi connectivity index (χ3n) is 3.08. The summed E-state index contributed by atoms with van der Waals surface area (Å²) < 4.78 is 18.7.